The molecular weight excluding hydrogens is 280 g/mol. The van der Waals surface area contributed by atoms with E-state index in [2.05, 4.69) is 58.6 Å². The Labute approximate surface area is 134 Å². The maximum absolute atomic E-state index is 6.08. The predicted molar refractivity (Wildman–Crippen MR) is 92.3 cm³/mol. The van der Waals surface area contributed by atoms with Gasteiger partial charge in [-0.1, -0.05) is 41.5 Å². The van der Waals surface area contributed by atoms with E-state index in [-0.39, 0.29) is 5.41 Å². The Kier molecular flexibility index (Phi) is 4.58. The van der Waals surface area contributed by atoms with E-state index >= 15 is 0 Å². The van der Waals surface area contributed by atoms with Gasteiger partial charge in [-0.2, -0.15) is 0 Å². The fourth-order valence-electron chi connectivity index (χ4n) is 2.87. The Bertz CT molecular complexity index is 497. The van der Waals surface area contributed by atoms with E-state index in [1.54, 1.807) is 0 Å². The smallest absolute Gasteiger partial charge is 0.129 e. The van der Waals surface area contributed by atoms with Gasteiger partial charge in [0.15, 0.2) is 0 Å². The summed E-state index contributed by atoms with van der Waals surface area (Å²) in [7, 11) is 0. The van der Waals surface area contributed by atoms with E-state index in [0.29, 0.717) is 11.3 Å². The van der Waals surface area contributed by atoms with Crippen LogP contribution in [0.5, 0.6) is 0 Å². The minimum atomic E-state index is 0.0555. The average molecular weight is 309 g/mol. The maximum Gasteiger partial charge on any atom is 0.129 e. The van der Waals surface area contributed by atoms with Gasteiger partial charge in [-0.05, 0) is 35.4 Å². The van der Waals surface area contributed by atoms with Crippen LogP contribution in [0.2, 0.25) is 0 Å². The normalized spacial score (nSPS) is 20.1. The molecule has 118 valence electrons. The molecule has 3 heteroatoms. The van der Waals surface area contributed by atoms with Crippen LogP contribution in [-0.2, 0) is 11.3 Å². The van der Waals surface area contributed by atoms with E-state index in [1.165, 1.54) is 12.0 Å². The molecule has 0 spiro atoms. The molecular formula is C18H29ClN2. The molecule has 1 aromatic rings. The van der Waals surface area contributed by atoms with Crippen molar-refractivity contribution in [3.63, 3.8) is 0 Å². The van der Waals surface area contributed by atoms with Crippen LogP contribution in [0.3, 0.4) is 0 Å². The molecule has 1 aliphatic rings. The Morgan fingerprint density at radius 1 is 1.19 bits per heavy atom. The zero-order valence-corrected chi connectivity index (χ0v) is 15.1. The molecule has 1 fully saturated rings. The molecule has 21 heavy (non-hydrogen) atoms. The monoisotopic (exact) mass is 308 g/mol. The third-order valence-electron chi connectivity index (χ3n) is 4.53. The molecule has 0 amide bonds. The summed E-state index contributed by atoms with van der Waals surface area (Å²) in [4.78, 5) is 7.35. The van der Waals surface area contributed by atoms with Gasteiger partial charge in [0, 0.05) is 30.1 Å². The first-order valence-corrected chi connectivity index (χ1v) is 8.47. The third kappa shape index (κ3) is 3.91. The number of hydrogen-bond acceptors (Lipinski definition) is 2. The fourth-order valence-corrected chi connectivity index (χ4v) is 3.02. The first kappa shape index (κ1) is 16.6. The quantitative estimate of drug-likeness (QED) is 0.715. The van der Waals surface area contributed by atoms with Crippen LogP contribution < -0.4 is 4.90 Å². The van der Waals surface area contributed by atoms with E-state index in [1.807, 2.05) is 0 Å². The molecule has 2 nitrogen and oxygen atoms in total. The van der Waals surface area contributed by atoms with Gasteiger partial charge >= 0.3 is 0 Å². The highest BCUT2D eigenvalue weighted by Gasteiger charge is 2.32. The fraction of sp³-hybridized carbons (Fsp3) is 0.722. The number of halogens is 1. The minimum Gasteiger partial charge on any atom is -0.356 e. The first-order chi connectivity index (χ1) is 9.61. The first-order valence-electron chi connectivity index (χ1n) is 7.93. The molecule has 0 aliphatic carbocycles. The number of aromatic nitrogens is 1. The Balaban J connectivity index is 2.28. The Morgan fingerprint density at radius 3 is 2.33 bits per heavy atom. The van der Waals surface area contributed by atoms with Crippen LogP contribution in [0.15, 0.2) is 12.1 Å². The van der Waals surface area contributed by atoms with Crippen LogP contribution in [0.4, 0.5) is 5.82 Å². The van der Waals surface area contributed by atoms with Crippen molar-refractivity contribution >= 4 is 17.4 Å². The lowest BCUT2D eigenvalue weighted by Gasteiger charge is -2.28. The molecule has 1 atom stereocenters. The summed E-state index contributed by atoms with van der Waals surface area (Å²) in [6.45, 7) is 15.8. The molecule has 1 aliphatic heterocycles. The lowest BCUT2D eigenvalue weighted by molar-refractivity contribution is 0.263. The molecule has 1 aromatic heterocycles. The average Bonchev–Trinajstić information content (AvgIpc) is 2.86. The summed E-state index contributed by atoms with van der Waals surface area (Å²) < 4.78 is 0. The lowest BCUT2D eigenvalue weighted by Crippen LogP contribution is -2.27. The molecule has 0 N–H and O–H groups in total. The second kappa shape index (κ2) is 5.79. The molecule has 1 saturated heterocycles. The van der Waals surface area contributed by atoms with Crippen molar-refractivity contribution in [2.45, 2.75) is 59.3 Å². The van der Waals surface area contributed by atoms with E-state index in [4.69, 9.17) is 16.6 Å². The largest absolute Gasteiger partial charge is 0.356 e. The van der Waals surface area contributed by atoms with E-state index in [0.717, 1.165) is 30.5 Å². The molecule has 2 rings (SSSR count). The summed E-state index contributed by atoms with van der Waals surface area (Å²) >= 11 is 6.08. The van der Waals surface area contributed by atoms with Gasteiger partial charge in [-0.15, -0.1) is 11.6 Å². The number of pyridine rings is 1. The molecule has 1 unspecified atom stereocenters. The van der Waals surface area contributed by atoms with Gasteiger partial charge in [0.1, 0.15) is 5.82 Å². The number of rotatable bonds is 2. The second-order valence-electron chi connectivity index (χ2n) is 8.40. The highest BCUT2D eigenvalue weighted by molar-refractivity contribution is 6.17. The standard InChI is InChI=1S/C18H29ClN2/c1-17(2,3)14-7-8-21(12-14)16-10-13(11-19)9-15(20-16)18(4,5)6/h9-10,14H,7-8,11-12H2,1-6H3. The number of alkyl halides is 1. The summed E-state index contributed by atoms with van der Waals surface area (Å²) in [6.07, 6.45) is 1.25. The summed E-state index contributed by atoms with van der Waals surface area (Å²) in [6, 6.07) is 4.31. The zero-order chi connectivity index (χ0) is 15.8. The van der Waals surface area contributed by atoms with Crippen molar-refractivity contribution in [1.29, 1.82) is 0 Å². The molecule has 2 heterocycles. The van der Waals surface area contributed by atoms with E-state index in [9.17, 15) is 0 Å². The molecule has 0 bridgehead atoms. The minimum absolute atomic E-state index is 0.0555. The molecule has 0 radical (unpaired) electrons. The van der Waals surface area contributed by atoms with Gasteiger partial charge in [-0.3, -0.25) is 0 Å². The third-order valence-corrected chi connectivity index (χ3v) is 4.84. The maximum atomic E-state index is 6.08. The van der Waals surface area contributed by atoms with Gasteiger partial charge in [0.05, 0.1) is 0 Å². The van der Waals surface area contributed by atoms with Crippen LogP contribution in [0, 0.1) is 11.3 Å². The summed E-state index contributed by atoms with van der Waals surface area (Å²) in [5, 5.41) is 0. The van der Waals surface area contributed by atoms with Gasteiger partial charge in [-0.25, -0.2) is 4.98 Å². The lowest BCUT2D eigenvalue weighted by atomic mass is 9.80. The Morgan fingerprint density at radius 2 is 1.86 bits per heavy atom. The van der Waals surface area contributed by atoms with Crippen LogP contribution in [0.1, 0.15) is 59.2 Å². The highest BCUT2D eigenvalue weighted by atomic mass is 35.5. The predicted octanol–water partition coefficient (Wildman–Crippen LogP) is 4.99. The SMILES string of the molecule is CC(C)(C)c1cc(CCl)cc(N2CCC(C(C)(C)C)C2)n1. The van der Waals surface area contributed by atoms with Crippen LogP contribution >= 0.6 is 11.6 Å². The number of nitrogens with zero attached hydrogens (tertiary/aromatic N) is 2. The molecule has 0 aromatic carbocycles. The number of hydrogen-bond donors (Lipinski definition) is 0. The van der Waals surface area contributed by atoms with Crippen molar-refractivity contribution in [2.24, 2.45) is 11.3 Å². The number of anilines is 1. The van der Waals surface area contributed by atoms with E-state index < -0.39 is 0 Å². The van der Waals surface area contributed by atoms with Gasteiger partial charge in [0.2, 0.25) is 0 Å². The Hall–Kier alpha value is -0.760. The van der Waals surface area contributed by atoms with Crippen molar-refractivity contribution in [3.8, 4) is 0 Å². The van der Waals surface area contributed by atoms with Crippen molar-refractivity contribution in [3.05, 3.63) is 23.4 Å². The zero-order valence-electron chi connectivity index (χ0n) is 14.3. The van der Waals surface area contributed by atoms with Crippen LogP contribution in [0.25, 0.3) is 0 Å². The van der Waals surface area contributed by atoms with Crippen molar-refractivity contribution in [2.75, 3.05) is 18.0 Å². The second-order valence-corrected chi connectivity index (χ2v) is 8.67. The van der Waals surface area contributed by atoms with Gasteiger partial charge in [0.25, 0.3) is 0 Å². The molecule has 0 saturated carbocycles. The summed E-state index contributed by atoms with van der Waals surface area (Å²) in [5.41, 5.74) is 2.73. The van der Waals surface area contributed by atoms with Gasteiger partial charge < -0.3 is 4.90 Å². The summed E-state index contributed by atoms with van der Waals surface area (Å²) in [5.74, 6) is 2.39. The van der Waals surface area contributed by atoms with Crippen molar-refractivity contribution in [1.82, 2.24) is 4.98 Å². The van der Waals surface area contributed by atoms with Crippen LogP contribution in [-0.4, -0.2) is 18.1 Å². The highest BCUT2D eigenvalue weighted by Crippen LogP contribution is 2.36. The van der Waals surface area contributed by atoms with Crippen molar-refractivity contribution < 1.29 is 0 Å². The topological polar surface area (TPSA) is 16.1 Å².